The van der Waals surface area contributed by atoms with Gasteiger partial charge < -0.3 is 20.3 Å². The Morgan fingerprint density at radius 3 is 2.07 bits per heavy atom. The normalized spacial score (nSPS) is 11.8. The summed E-state index contributed by atoms with van der Waals surface area (Å²) in [4.78, 5) is 26.1. The topological polar surface area (TPSA) is 71.9 Å². The van der Waals surface area contributed by atoms with Crippen LogP contribution in [0.2, 0.25) is 0 Å². The van der Waals surface area contributed by atoms with Gasteiger partial charge in [-0.3, -0.25) is 9.59 Å². The molecule has 0 spiro atoms. The average molecular weight is 399 g/mol. The lowest BCUT2D eigenvalue weighted by Crippen LogP contribution is -3.14. The molecule has 1 atom stereocenters. The van der Waals surface area contributed by atoms with E-state index in [0.717, 1.165) is 29.1 Å². The molecular formula is C23H32N3O3+. The van der Waals surface area contributed by atoms with E-state index in [1.165, 1.54) is 0 Å². The van der Waals surface area contributed by atoms with Gasteiger partial charge in [-0.1, -0.05) is 51.1 Å². The predicted molar refractivity (Wildman–Crippen MR) is 117 cm³/mol. The summed E-state index contributed by atoms with van der Waals surface area (Å²) in [6, 6.07) is 15.1. The summed E-state index contributed by atoms with van der Waals surface area (Å²) in [7, 11) is 1.57. The van der Waals surface area contributed by atoms with Gasteiger partial charge in [-0.25, -0.2) is 0 Å². The van der Waals surface area contributed by atoms with E-state index in [2.05, 4.69) is 24.5 Å². The summed E-state index contributed by atoms with van der Waals surface area (Å²) in [6.07, 6.45) is 0.882. The number of carbonyl (C=O) groups excluding carboxylic acids is 2. The van der Waals surface area contributed by atoms with Crippen LogP contribution in [0.3, 0.4) is 0 Å². The molecule has 0 aromatic heterocycles. The number of amides is 2. The number of benzene rings is 2. The highest BCUT2D eigenvalue weighted by molar-refractivity contribution is 5.94. The zero-order chi connectivity index (χ0) is 21.2. The predicted octanol–water partition coefficient (Wildman–Crippen LogP) is 2.69. The van der Waals surface area contributed by atoms with E-state index < -0.39 is 0 Å². The Hall–Kier alpha value is -2.86. The van der Waals surface area contributed by atoms with Crippen LogP contribution in [0.15, 0.2) is 48.5 Å². The van der Waals surface area contributed by atoms with Crippen LogP contribution >= 0.6 is 0 Å². The highest BCUT2D eigenvalue weighted by Crippen LogP contribution is 2.23. The molecule has 156 valence electrons. The van der Waals surface area contributed by atoms with Crippen molar-refractivity contribution in [2.45, 2.75) is 33.1 Å². The highest BCUT2D eigenvalue weighted by Gasteiger charge is 2.19. The van der Waals surface area contributed by atoms with Gasteiger partial charge >= 0.3 is 0 Å². The Morgan fingerprint density at radius 2 is 1.48 bits per heavy atom. The minimum Gasteiger partial charge on any atom is -0.495 e. The minimum atomic E-state index is -0.145. The van der Waals surface area contributed by atoms with Gasteiger partial charge in [0.15, 0.2) is 13.1 Å². The molecule has 29 heavy (non-hydrogen) atoms. The van der Waals surface area contributed by atoms with Gasteiger partial charge in [-0.15, -0.1) is 0 Å². The summed E-state index contributed by atoms with van der Waals surface area (Å²) < 4.78 is 5.27. The van der Waals surface area contributed by atoms with Crippen molar-refractivity contribution in [3.63, 3.8) is 0 Å². The smallest absolute Gasteiger partial charge is 0.279 e. The molecule has 0 radical (unpaired) electrons. The first kappa shape index (κ1) is 22.4. The first-order valence-electron chi connectivity index (χ1n) is 10.1. The van der Waals surface area contributed by atoms with Gasteiger partial charge in [0.2, 0.25) is 0 Å². The molecule has 0 saturated carbocycles. The van der Waals surface area contributed by atoms with Crippen molar-refractivity contribution in [3.05, 3.63) is 54.1 Å². The molecule has 0 fully saturated rings. The van der Waals surface area contributed by atoms with Crippen LogP contribution in [-0.2, 0) is 9.59 Å². The third-order valence-electron chi connectivity index (χ3n) is 4.66. The summed E-state index contributed by atoms with van der Waals surface area (Å²) in [5.74, 6) is 0.693. The fraction of sp³-hybridized carbons (Fsp3) is 0.391. The van der Waals surface area contributed by atoms with Crippen LogP contribution in [0.4, 0.5) is 11.4 Å². The third kappa shape index (κ3) is 6.91. The molecule has 6 nitrogen and oxygen atoms in total. The van der Waals surface area contributed by atoms with Gasteiger partial charge in [0.05, 0.1) is 19.3 Å². The first-order valence-corrected chi connectivity index (χ1v) is 10.1. The number of ether oxygens (including phenoxy) is 1. The quantitative estimate of drug-likeness (QED) is 0.576. The van der Waals surface area contributed by atoms with Crippen LogP contribution in [0, 0.1) is 0 Å². The van der Waals surface area contributed by atoms with Crippen molar-refractivity contribution < 1.29 is 19.2 Å². The minimum absolute atomic E-state index is 0.0911. The fourth-order valence-electron chi connectivity index (χ4n) is 3.30. The van der Waals surface area contributed by atoms with Gasteiger partial charge in [0.25, 0.3) is 11.8 Å². The summed E-state index contributed by atoms with van der Waals surface area (Å²) in [5.41, 5.74) is 2.57. The summed E-state index contributed by atoms with van der Waals surface area (Å²) >= 11 is 0. The van der Waals surface area contributed by atoms with Crippen molar-refractivity contribution >= 4 is 23.2 Å². The Morgan fingerprint density at radius 1 is 0.931 bits per heavy atom. The summed E-state index contributed by atoms with van der Waals surface area (Å²) in [6.45, 7) is 7.43. The monoisotopic (exact) mass is 398 g/mol. The van der Waals surface area contributed by atoms with Crippen molar-refractivity contribution in [1.82, 2.24) is 0 Å². The van der Waals surface area contributed by atoms with Crippen molar-refractivity contribution in [1.29, 1.82) is 0 Å². The van der Waals surface area contributed by atoms with E-state index in [1.807, 2.05) is 43.3 Å². The maximum atomic E-state index is 12.6. The Labute approximate surface area is 173 Å². The molecular weight excluding hydrogens is 366 g/mol. The number of hydrogen-bond acceptors (Lipinski definition) is 3. The van der Waals surface area contributed by atoms with E-state index in [-0.39, 0.29) is 24.9 Å². The molecule has 0 aliphatic carbocycles. The molecule has 2 rings (SSSR count). The van der Waals surface area contributed by atoms with Crippen LogP contribution < -0.4 is 20.3 Å². The fourth-order valence-corrected chi connectivity index (χ4v) is 3.30. The van der Waals surface area contributed by atoms with Crippen LogP contribution in [0.5, 0.6) is 5.75 Å². The number of para-hydroxylation sites is 3. The second-order valence-corrected chi connectivity index (χ2v) is 7.39. The lowest BCUT2D eigenvalue weighted by molar-refractivity contribution is -0.883. The van der Waals surface area contributed by atoms with Gasteiger partial charge in [-0.2, -0.15) is 0 Å². The van der Waals surface area contributed by atoms with E-state index >= 15 is 0 Å². The van der Waals surface area contributed by atoms with Crippen molar-refractivity contribution in [3.8, 4) is 5.75 Å². The largest absolute Gasteiger partial charge is 0.495 e. The molecule has 2 aromatic carbocycles. The lowest BCUT2D eigenvalue weighted by atomic mass is 10.0. The van der Waals surface area contributed by atoms with Crippen molar-refractivity contribution in [2.75, 3.05) is 37.4 Å². The molecule has 0 aliphatic rings. The molecule has 6 heteroatoms. The van der Waals surface area contributed by atoms with Crippen LogP contribution in [0.25, 0.3) is 0 Å². The van der Waals surface area contributed by atoms with E-state index in [4.69, 9.17) is 4.74 Å². The average Bonchev–Trinajstić information content (AvgIpc) is 2.68. The molecule has 2 amide bonds. The number of nitrogens with one attached hydrogen (secondary N) is 3. The zero-order valence-electron chi connectivity index (χ0n) is 17.7. The number of rotatable bonds is 10. The molecule has 1 unspecified atom stereocenters. The number of carbonyl (C=O) groups is 2. The van der Waals surface area contributed by atoms with Crippen molar-refractivity contribution in [2.24, 2.45) is 0 Å². The van der Waals surface area contributed by atoms with E-state index in [9.17, 15) is 9.59 Å². The maximum Gasteiger partial charge on any atom is 0.279 e. The second-order valence-electron chi connectivity index (χ2n) is 7.39. The highest BCUT2D eigenvalue weighted by atomic mass is 16.5. The first-order chi connectivity index (χ1) is 13.9. The molecule has 0 bridgehead atoms. The number of methoxy groups -OCH3 is 1. The molecule has 0 saturated heterocycles. The number of quaternary nitrogens is 1. The third-order valence-corrected chi connectivity index (χ3v) is 4.66. The van der Waals surface area contributed by atoms with Gasteiger partial charge in [-0.05, 0) is 36.1 Å². The Bertz CT molecular complexity index is 821. The standard InChI is InChI=1S/C23H31N3O3/c1-5-14-26(16-23(28)25-20-12-8-9-13-21(20)29-4)15-22(27)24-19-11-7-6-10-18(19)17(2)3/h6-13,17H,5,14-16H2,1-4H3,(H,24,27)(H,25,28)/p+1. The van der Waals surface area contributed by atoms with Crippen LogP contribution in [-0.4, -0.2) is 38.6 Å². The SMILES string of the molecule is CCC[NH+](CC(=O)Nc1ccccc1OC)CC(=O)Nc1ccccc1C(C)C. The molecule has 0 heterocycles. The van der Waals surface area contributed by atoms with Gasteiger partial charge in [0, 0.05) is 5.69 Å². The van der Waals surface area contributed by atoms with Crippen LogP contribution in [0.1, 0.15) is 38.7 Å². The lowest BCUT2D eigenvalue weighted by Gasteiger charge is -2.19. The van der Waals surface area contributed by atoms with E-state index in [1.54, 1.807) is 19.2 Å². The molecule has 0 aliphatic heterocycles. The van der Waals surface area contributed by atoms with E-state index in [0.29, 0.717) is 17.4 Å². The van der Waals surface area contributed by atoms with Gasteiger partial charge in [0.1, 0.15) is 5.75 Å². The number of anilines is 2. The summed E-state index contributed by atoms with van der Waals surface area (Å²) in [5, 5.41) is 5.89. The zero-order valence-corrected chi connectivity index (χ0v) is 17.7. The molecule has 2 aromatic rings. The Balaban J connectivity index is 1.98. The number of hydrogen-bond donors (Lipinski definition) is 3. The maximum absolute atomic E-state index is 12.6. The molecule has 3 N–H and O–H groups in total. The Kier molecular flexibility index (Phi) is 8.68. The second kappa shape index (κ2) is 11.2.